The molecule has 0 atom stereocenters. The first-order chi connectivity index (χ1) is 7.20. The van der Waals surface area contributed by atoms with E-state index in [1.807, 2.05) is 0 Å². The zero-order valence-electron chi connectivity index (χ0n) is 8.04. The number of aromatic carboxylic acids is 1. The topological polar surface area (TPSA) is 76.7 Å². The second-order valence-corrected chi connectivity index (χ2v) is 3.03. The maximum absolute atomic E-state index is 10.7. The highest BCUT2D eigenvalue weighted by Gasteiger charge is 2.09. The van der Waals surface area contributed by atoms with Gasteiger partial charge >= 0.3 is 5.97 Å². The molecular formula is C9H9N3O3. The molecule has 0 aliphatic rings. The zero-order chi connectivity index (χ0) is 10.8. The van der Waals surface area contributed by atoms with Crippen molar-refractivity contribution in [1.82, 2.24) is 14.6 Å². The smallest absolute Gasteiger partial charge is 0.356 e. The lowest BCUT2D eigenvalue weighted by atomic mass is 10.4. The molecule has 0 aliphatic heterocycles. The van der Waals surface area contributed by atoms with Crippen LogP contribution >= 0.6 is 0 Å². The van der Waals surface area contributed by atoms with Crippen LogP contribution in [-0.2, 0) is 11.3 Å². The van der Waals surface area contributed by atoms with Gasteiger partial charge in [0.2, 0.25) is 0 Å². The average molecular weight is 207 g/mol. The summed E-state index contributed by atoms with van der Waals surface area (Å²) in [5.41, 5.74) is 1.33. The Balaban J connectivity index is 2.47. The normalized spacial score (nSPS) is 10.7. The highest BCUT2D eigenvalue weighted by Crippen LogP contribution is 2.06. The van der Waals surface area contributed by atoms with Gasteiger partial charge in [0, 0.05) is 31.1 Å². The van der Waals surface area contributed by atoms with Crippen molar-refractivity contribution in [2.45, 2.75) is 6.61 Å². The minimum absolute atomic E-state index is 0.0166. The summed E-state index contributed by atoms with van der Waals surface area (Å²) in [6, 6.07) is 1.42. The van der Waals surface area contributed by atoms with Crippen LogP contribution in [0.3, 0.4) is 0 Å². The lowest BCUT2D eigenvalue weighted by Crippen LogP contribution is -1.98. The van der Waals surface area contributed by atoms with Crippen molar-refractivity contribution in [1.29, 1.82) is 0 Å². The molecule has 15 heavy (non-hydrogen) atoms. The van der Waals surface area contributed by atoms with Crippen molar-refractivity contribution in [2.24, 2.45) is 0 Å². The Morgan fingerprint density at radius 3 is 3.13 bits per heavy atom. The van der Waals surface area contributed by atoms with Gasteiger partial charge in [-0.15, -0.1) is 0 Å². The van der Waals surface area contributed by atoms with E-state index in [1.54, 1.807) is 19.5 Å². The zero-order valence-corrected chi connectivity index (χ0v) is 8.04. The standard InChI is InChI=1S/C9H9N3O3/c1-15-5-6-3-10-8-2-7(9(13)14)11-12(8)4-6/h2-4H,5H2,1H3,(H,13,14). The quantitative estimate of drug-likeness (QED) is 0.796. The number of ether oxygens (including phenoxy) is 1. The molecule has 0 saturated carbocycles. The number of methoxy groups -OCH3 is 1. The summed E-state index contributed by atoms with van der Waals surface area (Å²) in [5.74, 6) is -1.06. The van der Waals surface area contributed by atoms with Crippen LogP contribution in [0.25, 0.3) is 5.65 Å². The van der Waals surface area contributed by atoms with Crippen LogP contribution in [0.1, 0.15) is 16.1 Å². The van der Waals surface area contributed by atoms with Gasteiger partial charge in [0.1, 0.15) is 0 Å². The molecular weight excluding hydrogens is 198 g/mol. The number of hydrogen-bond donors (Lipinski definition) is 1. The number of rotatable bonds is 3. The maximum atomic E-state index is 10.7. The van der Waals surface area contributed by atoms with E-state index in [0.29, 0.717) is 12.3 Å². The van der Waals surface area contributed by atoms with Crippen molar-refractivity contribution in [3.63, 3.8) is 0 Å². The second kappa shape index (κ2) is 3.66. The highest BCUT2D eigenvalue weighted by atomic mass is 16.5. The van der Waals surface area contributed by atoms with Crippen molar-refractivity contribution >= 4 is 11.6 Å². The Bertz CT molecular complexity index is 506. The van der Waals surface area contributed by atoms with Gasteiger partial charge in [-0.1, -0.05) is 0 Å². The molecule has 0 aliphatic carbocycles. The predicted octanol–water partition coefficient (Wildman–Crippen LogP) is 0.574. The molecule has 2 heterocycles. The number of nitrogens with zero attached hydrogens (tertiary/aromatic N) is 3. The number of carboxylic acids is 1. The molecule has 0 bridgehead atoms. The molecule has 6 heteroatoms. The van der Waals surface area contributed by atoms with E-state index in [4.69, 9.17) is 9.84 Å². The summed E-state index contributed by atoms with van der Waals surface area (Å²) in [6.07, 6.45) is 3.32. The van der Waals surface area contributed by atoms with E-state index < -0.39 is 5.97 Å². The van der Waals surface area contributed by atoms with Crippen LogP contribution < -0.4 is 0 Å². The summed E-state index contributed by atoms with van der Waals surface area (Å²) in [4.78, 5) is 14.7. The van der Waals surface area contributed by atoms with Gasteiger partial charge < -0.3 is 9.84 Å². The fraction of sp³-hybridized carbons (Fsp3) is 0.222. The van der Waals surface area contributed by atoms with Gasteiger partial charge in [0.15, 0.2) is 11.3 Å². The lowest BCUT2D eigenvalue weighted by molar-refractivity contribution is 0.0690. The molecule has 0 radical (unpaired) electrons. The molecule has 0 aromatic carbocycles. The largest absolute Gasteiger partial charge is 0.476 e. The van der Waals surface area contributed by atoms with Crippen LogP contribution in [0.15, 0.2) is 18.5 Å². The fourth-order valence-corrected chi connectivity index (χ4v) is 1.26. The number of fused-ring (bicyclic) bond motifs is 1. The van der Waals surface area contributed by atoms with Gasteiger partial charge in [-0.3, -0.25) is 0 Å². The highest BCUT2D eigenvalue weighted by molar-refractivity contribution is 5.86. The third kappa shape index (κ3) is 1.79. The molecule has 2 aromatic heterocycles. The monoisotopic (exact) mass is 207 g/mol. The molecule has 2 aromatic rings. The molecule has 0 saturated heterocycles. The summed E-state index contributed by atoms with van der Waals surface area (Å²) in [6.45, 7) is 0.422. The summed E-state index contributed by atoms with van der Waals surface area (Å²) >= 11 is 0. The molecule has 1 N–H and O–H groups in total. The van der Waals surface area contributed by atoms with Crippen molar-refractivity contribution in [2.75, 3.05) is 7.11 Å². The minimum Gasteiger partial charge on any atom is -0.476 e. The Labute approximate surface area is 85.1 Å². The molecule has 0 fully saturated rings. The Hall–Kier alpha value is -1.95. The van der Waals surface area contributed by atoms with E-state index in [-0.39, 0.29) is 5.69 Å². The van der Waals surface area contributed by atoms with Crippen LogP contribution in [0.2, 0.25) is 0 Å². The molecule has 0 amide bonds. The van der Waals surface area contributed by atoms with Crippen molar-refractivity contribution < 1.29 is 14.6 Å². The first kappa shape index (κ1) is 9.60. The van der Waals surface area contributed by atoms with Gasteiger partial charge in [-0.05, 0) is 0 Å². The van der Waals surface area contributed by atoms with Crippen LogP contribution in [0.4, 0.5) is 0 Å². The van der Waals surface area contributed by atoms with Gasteiger partial charge in [0.25, 0.3) is 0 Å². The minimum atomic E-state index is -1.06. The Morgan fingerprint density at radius 2 is 2.47 bits per heavy atom. The van der Waals surface area contributed by atoms with E-state index in [0.717, 1.165) is 5.56 Å². The van der Waals surface area contributed by atoms with Crippen LogP contribution in [0, 0.1) is 0 Å². The van der Waals surface area contributed by atoms with Crippen molar-refractivity contribution in [3.05, 3.63) is 29.7 Å². The van der Waals surface area contributed by atoms with Gasteiger partial charge in [-0.2, -0.15) is 5.10 Å². The molecule has 78 valence electrons. The summed E-state index contributed by atoms with van der Waals surface area (Å²) in [7, 11) is 1.58. The molecule has 6 nitrogen and oxygen atoms in total. The first-order valence-electron chi connectivity index (χ1n) is 4.27. The molecule has 0 unspecified atom stereocenters. The number of aromatic nitrogens is 3. The van der Waals surface area contributed by atoms with E-state index in [2.05, 4.69) is 10.1 Å². The summed E-state index contributed by atoms with van der Waals surface area (Å²) < 4.78 is 6.36. The fourth-order valence-electron chi connectivity index (χ4n) is 1.26. The number of hydrogen-bond acceptors (Lipinski definition) is 4. The van der Waals surface area contributed by atoms with E-state index in [9.17, 15) is 4.79 Å². The lowest BCUT2D eigenvalue weighted by Gasteiger charge is -1.98. The summed E-state index contributed by atoms with van der Waals surface area (Å²) in [5, 5.41) is 12.6. The SMILES string of the molecule is COCc1cnc2cc(C(=O)O)nn2c1. The Kier molecular flexibility index (Phi) is 2.34. The number of carboxylic acid groups (broad SMARTS) is 1. The molecule has 2 rings (SSSR count). The number of carbonyl (C=O) groups is 1. The van der Waals surface area contributed by atoms with Gasteiger partial charge in [0.05, 0.1) is 6.61 Å². The van der Waals surface area contributed by atoms with E-state index >= 15 is 0 Å². The van der Waals surface area contributed by atoms with Crippen molar-refractivity contribution in [3.8, 4) is 0 Å². The maximum Gasteiger partial charge on any atom is 0.356 e. The Morgan fingerprint density at radius 1 is 1.67 bits per heavy atom. The second-order valence-electron chi connectivity index (χ2n) is 3.03. The van der Waals surface area contributed by atoms with E-state index in [1.165, 1.54) is 10.6 Å². The third-order valence-corrected chi connectivity index (χ3v) is 1.90. The predicted molar refractivity (Wildman–Crippen MR) is 50.7 cm³/mol. The first-order valence-corrected chi connectivity index (χ1v) is 4.27. The average Bonchev–Trinajstić information content (AvgIpc) is 2.61. The van der Waals surface area contributed by atoms with Crippen LogP contribution in [-0.4, -0.2) is 32.8 Å². The van der Waals surface area contributed by atoms with Crippen LogP contribution in [0.5, 0.6) is 0 Å². The van der Waals surface area contributed by atoms with Gasteiger partial charge in [-0.25, -0.2) is 14.3 Å². The third-order valence-electron chi connectivity index (χ3n) is 1.90. The molecule has 0 spiro atoms.